The van der Waals surface area contributed by atoms with Gasteiger partial charge in [0, 0.05) is 11.1 Å². The van der Waals surface area contributed by atoms with Crippen LogP contribution in [0.15, 0.2) is 45.7 Å². The molecule has 20 heavy (non-hydrogen) atoms. The third-order valence-electron chi connectivity index (χ3n) is 2.70. The van der Waals surface area contributed by atoms with Crippen LogP contribution in [0, 0.1) is 10.8 Å². The van der Waals surface area contributed by atoms with Crippen molar-refractivity contribution in [3.8, 4) is 0 Å². The quantitative estimate of drug-likeness (QED) is 0.558. The summed E-state index contributed by atoms with van der Waals surface area (Å²) in [6.45, 7) is 1.06. The molecule has 2 N–H and O–H groups in total. The lowest BCUT2D eigenvalue weighted by molar-refractivity contribution is -0.761. The third-order valence-corrected chi connectivity index (χ3v) is 2.70. The van der Waals surface area contributed by atoms with E-state index in [-0.39, 0.29) is 11.1 Å². The number of hydrogen-bond acceptors (Lipinski definition) is 4. The Morgan fingerprint density at radius 3 is 1.80 bits per heavy atom. The second-order valence-electron chi connectivity index (χ2n) is 4.35. The maximum atomic E-state index is 7.28. The van der Waals surface area contributed by atoms with E-state index in [0.717, 1.165) is 11.1 Å². The van der Waals surface area contributed by atoms with Crippen LogP contribution in [0.1, 0.15) is 11.1 Å². The van der Waals surface area contributed by atoms with Gasteiger partial charge in [-0.05, 0) is 6.07 Å². The predicted octanol–water partition coefficient (Wildman–Crippen LogP) is -1.58. The van der Waals surface area contributed by atoms with Crippen molar-refractivity contribution in [3.63, 3.8) is 0 Å². The van der Waals surface area contributed by atoms with Gasteiger partial charge in [-0.15, -0.1) is 0 Å². The first-order chi connectivity index (χ1) is 9.69. The molecule has 3 aromatic rings. The van der Waals surface area contributed by atoms with Gasteiger partial charge in [0.05, 0.1) is 0 Å². The largest absolute Gasteiger partial charge is 0.487 e. The zero-order valence-electron chi connectivity index (χ0n) is 10.5. The number of benzene rings is 1. The molecule has 1 aromatic carbocycles. The molecule has 0 unspecified atom stereocenters. The predicted molar refractivity (Wildman–Crippen MR) is 60.8 cm³/mol. The van der Waals surface area contributed by atoms with Crippen molar-refractivity contribution >= 4 is 0 Å². The van der Waals surface area contributed by atoms with Gasteiger partial charge in [0.25, 0.3) is 11.1 Å². The number of nitrogens with one attached hydrogen (secondary N) is 2. The van der Waals surface area contributed by atoms with Gasteiger partial charge in [-0.2, -0.15) is 0 Å². The van der Waals surface area contributed by atoms with Crippen LogP contribution in [0.4, 0.5) is 0 Å². The molecular weight excluding hydrogens is 260 g/mol. The maximum absolute atomic E-state index is 7.28. The lowest BCUT2D eigenvalue weighted by atomic mass is 10.1. The summed E-state index contributed by atoms with van der Waals surface area (Å²) < 4.78 is 12.5. The average Bonchev–Trinajstić information content (AvgIpc) is 2.99. The number of nitrogens with zero attached hydrogens (tertiary/aromatic N) is 4. The van der Waals surface area contributed by atoms with E-state index < -0.39 is 0 Å². The molecule has 0 aliphatic carbocycles. The molecule has 0 atom stereocenters. The molecule has 8 heteroatoms. The SMILES string of the molecule is N=c1c[n+](Cc2cccc(C[n+]3cc(=N)o[n-]3)c2)[n-]o1. The maximum Gasteiger partial charge on any atom is 0.264 e. The topological polar surface area (TPSA) is 110 Å². The van der Waals surface area contributed by atoms with Gasteiger partial charge in [-0.1, -0.05) is 18.2 Å². The smallest absolute Gasteiger partial charge is 0.264 e. The van der Waals surface area contributed by atoms with E-state index in [0.29, 0.717) is 13.1 Å². The summed E-state index contributed by atoms with van der Waals surface area (Å²) >= 11 is 0. The molecule has 0 saturated heterocycles. The van der Waals surface area contributed by atoms with E-state index >= 15 is 0 Å². The fourth-order valence-electron chi connectivity index (χ4n) is 1.91. The Morgan fingerprint density at radius 2 is 1.40 bits per heavy atom. The van der Waals surface area contributed by atoms with Gasteiger partial charge < -0.3 is 9.05 Å². The summed E-state index contributed by atoms with van der Waals surface area (Å²) in [7, 11) is 0. The highest BCUT2D eigenvalue weighted by atomic mass is 16.5. The standard InChI is InChI=1S/C12H12N6O2/c13-11-7-17(15-19-11)5-9-2-1-3-10(4-9)6-18-8-12(14)20-16-18/h1-4,7-8,13-14H,5-6H2. The Morgan fingerprint density at radius 1 is 0.900 bits per heavy atom. The molecule has 0 aliphatic rings. The van der Waals surface area contributed by atoms with Crippen LogP contribution in [0.25, 0.3) is 0 Å². The summed E-state index contributed by atoms with van der Waals surface area (Å²) in [5.41, 5.74) is 2.14. The molecular formula is C12H12N6O2. The monoisotopic (exact) mass is 272 g/mol. The van der Waals surface area contributed by atoms with Crippen LogP contribution in [0.2, 0.25) is 0 Å². The van der Waals surface area contributed by atoms with Crippen molar-refractivity contribution < 1.29 is 18.4 Å². The molecule has 3 rings (SSSR count). The molecule has 0 aliphatic heterocycles. The van der Waals surface area contributed by atoms with Crippen molar-refractivity contribution in [2.24, 2.45) is 0 Å². The lowest BCUT2D eigenvalue weighted by Gasteiger charge is -2.02. The number of hydrogen-bond donors (Lipinski definition) is 2. The second kappa shape index (κ2) is 5.00. The Bertz CT molecular complexity index is 759. The van der Waals surface area contributed by atoms with Gasteiger partial charge in [0.2, 0.25) is 12.4 Å². The minimum absolute atomic E-state index is 0.0299. The highest BCUT2D eigenvalue weighted by Crippen LogP contribution is 2.04. The summed E-state index contributed by atoms with van der Waals surface area (Å²) in [6.07, 6.45) is 3.04. The van der Waals surface area contributed by atoms with Gasteiger partial charge in [-0.25, -0.2) is 9.36 Å². The first-order valence-electron chi connectivity index (χ1n) is 5.93. The normalized spacial score (nSPS) is 10.8. The highest BCUT2D eigenvalue weighted by Gasteiger charge is 2.04. The van der Waals surface area contributed by atoms with Crippen molar-refractivity contribution in [1.29, 1.82) is 10.8 Å². The fourth-order valence-corrected chi connectivity index (χ4v) is 1.91. The molecule has 0 radical (unpaired) electrons. The van der Waals surface area contributed by atoms with E-state index in [1.165, 1.54) is 12.4 Å². The molecule has 102 valence electrons. The van der Waals surface area contributed by atoms with Crippen molar-refractivity contribution in [2.75, 3.05) is 0 Å². The molecule has 0 bridgehead atoms. The molecule has 0 fully saturated rings. The minimum atomic E-state index is 0.0299. The van der Waals surface area contributed by atoms with Crippen LogP contribution >= 0.6 is 0 Å². The first-order valence-corrected chi connectivity index (χ1v) is 5.93. The van der Waals surface area contributed by atoms with Crippen LogP contribution in [0.3, 0.4) is 0 Å². The van der Waals surface area contributed by atoms with E-state index in [9.17, 15) is 0 Å². The number of aromatic nitrogens is 4. The zero-order chi connectivity index (χ0) is 13.9. The summed E-state index contributed by atoms with van der Waals surface area (Å²) in [5, 5.41) is 22.0. The van der Waals surface area contributed by atoms with Gasteiger partial charge in [0.1, 0.15) is 0 Å². The van der Waals surface area contributed by atoms with Crippen LogP contribution in [0.5, 0.6) is 0 Å². The van der Waals surface area contributed by atoms with Gasteiger partial charge in [0.15, 0.2) is 13.1 Å². The molecule has 8 nitrogen and oxygen atoms in total. The molecule has 0 spiro atoms. The fraction of sp³-hybridized carbons (Fsp3) is 0.167. The summed E-state index contributed by atoms with van der Waals surface area (Å²) in [4.78, 5) is 0. The van der Waals surface area contributed by atoms with Crippen LogP contribution < -0.4 is 31.0 Å². The lowest BCUT2D eigenvalue weighted by Crippen LogP contribution is -2.38. The second-order valence-corrected chi connectivity index (χ2v) is 4.35. The van der Waals surface area contributed by atoms with Gasteiger partial charge >= 0.3 is 0 Å². The Labute approximate surface area is 112 Å². The molecule has 2 aromatic heterocycles. The Kier molecular flexibility index (Phi) is 3.04. The average molecular weight is 272 g/mol. The minimum Gasteiger partial charge on any atom is -0.487 e. The molecule has 0 saturated carbocycles. The van der Waals surface area contributed by atoms with Crippen LogP contribution in [-0.2, 0) is 13.1 Å². The zero-order valence-corrected chi connectivity index (χ0v) is 10.5. The number of rotatable bonds is 4. The molecule has 2 heterocycles. The van der Waals surface area contributed by atoms with E-state index in [4.69, 9.17) is 19.9 Å². The Hall–Kier alpha value is -2.90. The van der Waals surface area contributed by atoms with E-state index in [1.54, 1.807) is 9.36 Å². The van der Waals surface area contributed by atoms with Crippen molar-refractivity contribution in [1.82, 2.24) is 10.5 Å². The summed E-state index contributed by atoms with van der Waals surface area (Å²) in [5.74, 6) is 0. The third kappa shape index (κ3) is 2.74. The van der Waals surface area contributed by atoms with E-state index in [1.807, 2.05) is 24.3 Å². The Balaban J connectivity index is 1.78. The van der Waals surface area contributed by atoms with Crippen LogP contribution in [-0.4, -0.2) is 0 Å². The van der Waals surface area contributed by atoms with Crippen molar-refractivity contribution in [2.45, 2.75) is 13.1 Å². The van der Waals surface area contributed by atoms with Gasteiger partial charge in [-0.3, -0.25) is 21.4 Å². The van der Waals surface area contributed by atoms with Crippen molar-refractivity contribution in [3.05, 3.63) is 58.9 Å². The summed E-state index contributed by atoms with van der Waals surface area (Å²) in [6, 6.07) is 7.89. The first kappa shape index (κ1) is 12.2. The molecule has 0 amide bonds. The highest BCUT2D eigenvalue weighted by molar-refractivity contribution is 5.21. The van der Waals surface area contributed by atoms with E-state index in [2.05, 4.69) is 10.5 Å².